The molecule has 1 aliphatic rings. The Kier molecular flexibility index (Phi) is 5.75. The molecule has 0 aromatic heterocycles. The second-order valence-corrected chi connectivity index (χ2v) is 7.08. The van der Waals surface area contributed by atoms with Gasteiger partial charge in [0, 0.05) is 5.56 Å². The molecule has 1 heterocycles. The third kappa shape index (κ3) is 4.61. The Morgan fingerprint density at radius 3 is 2.13 bits per heavy atom. The Morgan fingerprint density at radius 2 is 1.55 bits per heavy atom. The molecule has 1 fully saturated rings. The average molecular weight is 418 g/mol. The predicted octanol–water partition coefficient (Wildman–Crippen LogP) is 3.94. The van der Waals surface area contributed by atoms with E-state index >= 15 is 0 Å². The van der Waals surface area contributed by atoms with Gasteiger partial charge in [-0.2, -0.15) is 0 Å². The molecule has 7 heteroatoms. The van der Waals surface area contributed by atoms with E-state index in [0.717, 1.165) is 21.6 Å². The van der Waals surface area contributed by atoms with Crippen LogP contribution in [0.4, 0.5) is 9.18 Å². The molecule has 0 bridgehead atoms. The van der Waals surface area contributed by atoms with Crippen molar-refractivity contribution in [2.45, 2.75) is 6.04 Å². The summed E-state index contributed by atoms with van der Waals surface area (Å²) in [5.74, 6) is -1.10. The lowest BCUT2D eigenvalue weighted by Crippen LogP contribution is -2.40. The second-order valence-electron chi connectivity index (χ2n) is 7.08. The van der Waals surface area contributed by atoms with Crippen molar-refractivity contribution in [2.75, 3.05) is 13.2 Å². The third-order valence-electron chi connectivity index (χ3n) is 5.04. The van der Waals surface area contributed by atoms with Crippen LogP contribution in [-0.2, 0) is 9.53 Å². The average Bonchev–Trinajstić information content (AvgIpc) is 3.12. The van der Waals surface area contributed by atoms with E-state index in [9.17, 15) is 18.8 Å². The molecule has 1 saturated heterocycles. The summed E-state index contributed by atoms with van der Waals surface area (Å²) in [5.41, 5.74) is 2.86. The zero-order valence-corrected chi connectivity index (χ0v) is 16.5. The highest BCUT2D eigenvalue weighted by Crippen LogP contribution is 2.22. The van der Waals surface area contributed by atoms with E-state index in [0.29, 0.717) is 5.56 Å². The molecule has 31 heavy (non-hydrogen) atoms. The molecule has 1 N–H and O–H groups in total. The van der Waals surface area contributed by atoms with Gasteiger partial charge in [0.15, 0.2) is 6.61 Å². The summed E-state index contributed by atoms with van der Waals surface area (Å²) < 4.78 is 17.9. The molecule has 0 unspecified atom stereocenters. The van der Waals surface area contributed by atoms with E-state index < -0.39 is 18.0 Å². The van der Waals surface area contributed by atoms with Gasteiger partial charge in [-0.1, -0.05) is 54.6 Å². The maximum Gasteiger partial charge on any atom is 0.417 e. The van der Waals surface area contributed by atoms with Crippen LogP contribution in [0.5, 0.6) is 0 Å². The number of benzene rings is 3. The van der Waals surface area contributed by atoms with Crippen molar-refractivity contribution >= 4 is 17.9 Å². The summed E-state index contributed by atoms with van der Waals surface area (Å²) in [5, 5.41) is 2.89. The van der Waals surface area contributed by atoms with Crippen molar-refractivity contribution in [2.24, 2.45) is 0 Å². The van der Waals surface area contributed by atoms with Gasteiger partial charge in [0.05, 0.1) is 12.6 Å². The fraction of sp³-hybridized carbons (Fsp3) is 0.125. The largest absolute Gasteiger partial charge is 0.439 e. The lowest BCUT2D eigenvalue weighted by molar-refractivity contribution is -0.126. The number of carbonyl (C=O) groups is 3. The minimum atomic E-state index is -0.719. The van der Waals surface area contributed by atoms with E-state index in [2.05, 4.69) is 5.32 Å². The summed E-state index contributed by atoms with van der Waals surface area (Å²) in [7, 11) is 0. The minimum Gasteiger partial charge on any atom is -0.439 e. The molecule has 0 spiro atoms. The molecule has 156 valence electrons. The van der Waals surface area contributed by atoms with Crippen LogP contribution in [0.3, 0.4) is 0 Å². The van der Waals surface area contributed by atoms with Crippen LogP contribution in [0, 0.1) is 5.82 Å². The molecular weight excluding hydrogens is 399 g/mol. The fourth-order valence-corrected chi connectivity index (χ4v) is 3.36. The molecule has 4 rings (SSSR count). The monoisotopic (exact) mass is 418 g/mol. The first-order chi connectivity index (χ1) is 15.0. The third-order valence-corrected chi connectivity index (χ3v) is 5.04. The molecule has 0 aliphatic carbocycles. The van der Waals surface area contributed by atoms with E-state index in [1.165, 1.54) is 12.1 Å². The van der Waals surface area contributed by atoms with E-state index in [1.54, 1.807) is 36.4 Å². The number of carbonyl (C=O) groups excluding carboxylic acids is 3. The highest BCUT2D eigenvalue weighted by atomic mass is 19.1. The Bertz CT molecular complexity index is 1080. The van der Waals surface area contributed by atoms with Gasteiger partial charge < -0.3 is 10.1 Å². The van der Waals surface area contributed by atoms with Gasteiger partial charge >= 0.3 is 6.09 Å². The minimum absolute atomic E-state index is 0.0267. The number of nitrogens with zero attached hydrogens (tertiary/aromatic N) is 1. The Labute approximate surface area is 178 Å². The van der Waals surface area contributed by atoms with Crippen molar-refractivity contribution in [3.8, 4) is 11.1 Å². The summed E-state index contributed by atoms with van der Waals surface area (Å²) in [6, 6.07) is 21.5. The van der Waals surface area contributed by atoms with Gasteiger partial charge in [0.1, 0.15) is 5.82 Å². The Balaban J connectivity index is 1.52. The maximum atomic E-state index is 13.1. The number of cyclic esters (lactones) is 1. The molecule has 6 nitrogen and oxygen atoms in total. The maximum absolute atomic E-state index is 13.1. The van der Waals surface area contributed by atoms with Gasteiger partial charge in [-0.05, 0) is 41.0 Å². The van der Waals surface area contributed by atoms with Crippen LogP contribution in [0.1, 0.15) is 22.0 Å². The van der Waals surface area contributed by atoms with Crippen LogP contribution in [0.15, 0.2) is 78.9 Å². The smallest absolute Gasteiger partial charge is 0.417 e. The first-order valence-corrected chi connectivity index (χ1v) is 9.70. The van der Waals surface area contributed by atoms with Crippen molar-refractivity contribution in [3.63, 3.8) is 0 Å². The van der Waals surface area contributed by atoms with Crippen molar-refractivity contribution in [3.05, 3.63) is 95.8 Å². The number of rotatable bonds is 6. The molecule has 3 amide bonds. The van der Waals surface area contributed by atoms with Crippen molar-refractivity contribution in [1.29, 1.82) is 0 Å². The number of imide groups is 1. The Hall–Kier alpha value is -4.00. The SMILES string of the molecule is O=C(N[C@H](CN1C(=O)COC1=O)c1ccccc1)c1ccc(-c2ccc(F)cc2)cc1. The number of halogens is 1. The van der Waals surface area contributed by atoms with Gasteiger partial charge in [-0.3, -0.25) is 9.59 Å². The number of ether oxygens (including phenoxy) is 1. The molecule has 1 aliphatic heterocycles. The topological polar surface area (TPSA) is 75.7 Å². The zero-order chi connectivity index (χ0) is 21.8. The first kappa shape index (κ1) is 20.3. The molecule has 0 saturated carbocycles. The predicted molar refractivity (Wildman–Crippen MR) is 112 cm³/mol. The Morgan fingerprint density at radius 1 is 0.935 bits per heavy atom. The van der Waals surface area contributed by atoms with Gasteiger partial charge in [-0.25, -0.2) is 14.1 Å². The molecular formula is C24H19FN2O4. The van der Waals surface area contributed by atoms with Gasteiger partial charge in [0.2, 0.25) is 0 Å². The molecule has 3 aromatic rings. The van der Waals surface area contributed by atoms with Gasteiger partial charge in [-0.15, -0.1) is 0 Å². The standard InChI is InChI=1S/C24H19FN2O4/c25-20-12-10-17(11-13-20)16-6-8-19(9-7-16)23(29)26-21(18-4-2-1-3-5-18)14-27-22(28)15-31-24(27)30/h1-13,21H,14-15H2,(H,26,29)/t21-/m1/s1. The fourth-order valence-electron chi connectivity index (χ4n) is 3.36. The van der Waals surface area contributed by atoms with Crippen molar-refractivity contribution in [1.82, 2.24) is 10.2 Å². The number of hydrogen-bond donors (Lipinski definition) is 1. The van der Waals surface area contributed by atoms with Crippen LogP contribution in [0.25, 0.3) is 11.1 Å². The summed E-state index contributed by atoms with van der Waals surface area (Å²) >= 11 is 0. The number of amides is 3. The van der Waals surface area contributed by atoms with Crippen LogP contribution in [-0.4, -0.2) is 36.0 Å². The molecule has 3 aromatic carbocycles. The van der Waals surface area contributed by atoms with E-state index in [4.69, 9.17) is 4.74 Å². The van der Waals surface area contributed by atoms with E-state index in [1.807, 2.05) is 30.3 Å². The molecule has 0 radical (unpaired) electrons. The highest BCUT2D eigenvalue weighted by molar-refractivity contribution is 5.98. The summed E-state index contributed by atoms with van der Waals surface area (Å²) in [6.45, 7) is -0.319. The van der Waals surface area contributed by atoms with Crippen LogP contribution in [0.2, 0.25) is 0 Å². The zero-order valence-electron chi connectivity index (χ0n) is 16.5. The normalized spacial score (nSPS) is 14.3. The number of hydrogen-bond acceptors (Lipinski definition) is 4. The first-order valence-electron chi connectivity index (χ1n) is 9.70. The van der Waals surface area contributed by atoms with Crippen molar-refractivity contribution < 1.29 is 23.5 Å². The van der Waals surface area contributed by atoms with E-state index in [-0.39, 0.29) is 24.9 Å². The number of nitrogens with one attached hydrogen (secondary N) is 1. The lowest BCUT2D eigenvalue weighted by atomic mass is 10.0. The summed E-state index contributed by atoms with van der Waals surface area (Å²) in [4.78, 5) is 37.7. The quantitative estimate of drug-likeness (QED) is 0.658. The lowest BCUT2D eigenvalue weighted by Gasteiger charge is -2.23. The van der Waals surface area contributed by atoms with Gasteiger partial charge in [0.25, 0.3) is 11.8 Å². The van der Waals surface area contributed by atoms with Crippen LogP contribution < -0.4 is 5.32 Å². The molecule has 1 atom stereocenters. The highest BCUT2D eigenvalue weighted by Gasteiger charge is 2.33. The summed E-state index contributed by atoms with van der Waals surface area (Å²) in [6.07, 6.45) is -0.719. The van der Waals surface area contributed by atoms with Crippen LogP contribution >= 0.6 is 0 Å². The second kappa shape index (κ2) is 8.79.